The standard InChI is InChI=1S/C18H22N4O2/c23-18(20-13-16-6-3-4-8-19-16)21-17-7-2-1-5-15(17)14-22-9-11-24-12-10-22/h1-8H,9-14H2,(H2,20,21,23). The number of hydrogen-bond donors (Lipinski definition) is 2. The number of urea groups is 1. The van der Waals surface area contributed by atoms with Crippen LogP contribution >= 0.6 is 0 Å². The molecule has 1 aromatic carbocycles. The Hall–Kier alpha value is -2.44. The van der Waals surface area contributed by atoms with Gasteiger partial charge in [0.2, 0.25) is 0 Å². The molecule has 1 aliphatic rings. The van der Waals surface area contributed by atoms with E-state index in [0.29, 0.717) is 6.54 Å². The van der Waals surface area contributed by atoms with Gasteiger partial charge in [-0.2, -0.15) is 0 Å². The Balaban J connectivity index is 1.56. The first-order valence-electron chi connectivity index (χ1n) is 8.14. The average molecular weight is 326 g/mol. The summed E-state index contributed by atoms with van der Waals surface area (Å²) in [6.45, 7) is 4.57. The molecular weight excluding hydrogens is 304 g/mol. The quantitative estimate of drug-likeness (QED) is 0.884. The van der Waals surface area contributed by atoms with Gasteiger partial charge in [-0.1, -0.05) is 24.3 Å². The predicted octanol–water partition coefficient (Wildman–Crippen LogP) is 2.24. The van der Waals surface area contributed by atoms with Gasteiger partial charge in [0.05, 0.1) is 25.5 Å². The third-order valence-electron chi connectivity index (χ3n) is 3.92. The molecule has 2 amide bonds. The van der Waals surface area contributed by atoms with Crippen LogP contribution in [0.3, 0.4) is 0 Å². The van der Waals surface area contributed by atoms with E-state index in [0.717, 1.165) is 49.8 Å². The molecule has 0 radical (unpaired) electrons. The van der Waals surface area contributed by atoms with Gasteiger partial charge in [-0.25, -0.2) is 4.79 Å². The number of nitrogens with one attached hydrogen (secondary N) is 2. The molecule has 0 unspecified atom stereocenters. The third kappa shape index (κ3) is 4.78. The summed E-state index contributed by atoms with van der Waals surface area (Å²) in [5.41, 5.74) is 2.77. The summed E-state index contributed by atoms with van der Waals surface area (Å²) in [6, 6.07) is 13.3. The molecular formula is C18H22N4O2. The number of aromatic nitrogens is 1. The van der Waals surface area contributed by atoms with Crippen LogP contribution in [0.25, 0.3) is 0 Å². The number of carbonyl (C=O) groups excluding carboxylic acids is 1. The van der Waals surface area contributed by atoms with Crippen LogP contribution in [-0.4, -0.2) is 42.2 Å². The molecule has 2 aromatic rings. The summed E-state index contributed by atoms with van der Waals surface area (Å²) in [7, 11) is 0. The van der Waals surface area contributed by atoms with Crippen LogP contribution in [0.15, 0.2) is 48.7 Å². The van der Waals surface area contributed by atoms with Crippen molar-refractivity contribution in [2.45, 2.75) is 13.1 Å². The molecule has 3 rings (SSSR count). The predicted molar refractivity (Wildman–Crippen MR) is 92.6 cm³/mol. The van der Waals surface area contributed by atoms with Gasteiger partial charge in [0, 0.05) is 31.5 Å². The van der Waals surface area contributed by atoms with Crippen molar-refractivity contribution in [3.63, 3.8) is 0 Å². The van der Waals surface area contributed by atoms with Gasteiger partial charge in [0.25, 0.3) is 0 Å². The van der Waals surface area contributed by atoms with E-state index in [4.69, 9.17) is 4.74 Å². The van der Waals surface area contributed by atoms with Crippen molar-refractivity contribution in [2.75, 3.05) is 31.6 Å². The zero-order chi connectivity index (χ0) is 16.6. The summed E-state index contributed by atoms with van der Waals surface area (Å²) in [6.07, 6.45) is 1.71. The molecule has 1 aliphatic heterocycles. The van der Waals surface area contributed by atoms with Crippen molar-refractivity contribution in [3.05, 3.63) is 59.9 Å². The zero-order valence-corrected chi connectivity index (χ0v) is 13.6. The van der Waals surface area contributed by atoms with E-state index in [1.54, 1.807) is 6.20 Å². The monoisotopic (exact) mass is 326 g/mol. The molecule has 6 heteroatoms. The summed E-state index contributed by atoms with van der Waals surface area (Å²) in [5, 5.41) is 5.77. The van der Waals surface area contributed by atoms with Crippen LogP contribution in [-0.2, 0) is 17.8 Å². The minimum atomic E-state index is -0.227. The number of amides is 2. The van der Waals surface area contributed by atoms with E-state index in [1.165, 1.54) is 0 Å². The highest BCUT2D eigenvalue weighted by molar-refractivity contribution is 5.90. The van der Waals surface area contributed by atoms with Crippen LogP contribution in [0.5, 0.6) is 0 Å². The lowest BCUT2D eigenvalue weighted by Crippen LogP contribution is -2.36. The molecule has 0 aliphatic carbocycles. The maximum Gasteiger partial charge on any atom is 0.319 e. The molecule has 2 N–H and O–H groups in total. The number of anilines is 1. The Kier molecular flexibility index (Phi) is 5.76. The Bertz CT molecular complexity index is 657. The van der Waals surface area contributed by atoms with E-state index in [1.807, 2.05) is 42.5 Å². The fraction of sp³-hybridized carbons (Fsp3) is 0.333. The van der Waals surface area contributed by atoms with Crippen molar-refractivity contribution < 1.29 is 9.53 Å². The number of para-hydroxylation sites is 1. The maximum absolute atomic E-state index is 12.1. The summed E-state index contributed by atoms with van der Waals surface area (Å²) in [4.78, 5) is 18.7. The molecule has 0 atom stereocenters. The molecule has 1 aromatic heterocycles. The highest BCUT2D eigenvalue weighted by atomic mass is 16.5. The van der Waals surface area contributed by atoms with Gasteiger partial charge in [-0.15, -0.1) is 0 Å². The Morgan fingerprint density at radius 2 is 1.92 bits per heavy atom. The van der Waals surface area contributed by atoms with Crippen molar-refractivity contribution >= 4 is 11.7 Å². The summed E-state index contributed by atoms with van der Waals surface area (Å²) in [5.74, 6) is 0. The first-order chi connectivity index (χ1) is 11.8. The molecule has 6 nitrogen and oxygen atoms in total. The van der Waals surface area contributed by atoms with Crippen molar-refractivity contribution in [2.24, 2.45) is 0 Å². The second-order valence-electron chi connectivity index (χ2n) is 5.67. The number of rotatable bonds is 5. The molecule has 126 valence electrons. The fourth-order valence-electron chi connectivity index (χ4n) is 2.62. The van der Waals surface area contributed by atoms with Crippen LogP contribution in [0, 0.1) is 0 Å². The van der Waals surface area contributed by atoms with Gasteiger partial charge in [0.1, 0.15) is 0 Å². The molecule has 2 heterocycles. The molecule has 1 fully saturated rings. The Morgan fingerprint density at radius 1 is 1.12 bits per heavy atom. The topological polar surface area (TPSA) is 66.5 Å². The Morgan fingerprint density at radius 3 is 2.71 bits per heavy atom. The summed E-state index contributed by atoms with van der Waals surface area (Å²) < 4.78 is 5.38. The van der Waals surface area contributed by atoms with Crippen molar-refractivity contribution in [3.8, 4) is 0 Å². The average Bonchev–Trinajstić information content (AvgIpc) is 2.63. The molecule has 0 bridgehead atoms. The number of carbonyl (C=O) groups is 1. The van der Waals surface area contributed by atoms with Gasteiger partial charge in [0.15, 0.2) is 0 Å². The highest BCUT2D eigenvalue weighted by Crippen LogP contribution is 2.17. The van der Waals surface area contributed by atoms with Crippen LogP contribution in [0.4, 0.5) is 10.5 Å². The number of hydrogen-bond acceptors (Lipinski definition) is 4. The summed E-state index contributed by atoms with van der Waals surface area (Å²) >= 11 is 0. The SMILES string of the molecule is O=C(NCc1ccccn1)Nc1ccccc1CN1CCOCC1. The van der Waals surface area contributed by atoms with E-state index in [2.05, 4.69) is 20.5 Å². The lowest BCUT2D eigenvalue weighted by molar-refractivity contribution is 0.0343. The first kappa shape index (κ1) is 16.4. The fourth-order valence-corrected chi connectivity index (χ4v) is 2.62. The Labute approximate surface area is 141 Å². The van der Waals surface area contributed by atoms with Gasteiger partial charge in [-0.3, -0.25) is 9.88 Å². The van der Waals surface area contributed by atoms with E-state index in [-0.39, 0.29) is 6.03 Å². The number of morpholine rings is 1. The van der Waals surface area contributed by atoms with E-state index >= 15 is 0 Å². The van der Waals surface area contributed by atoms with Crippen molar-refractivity contribution in [1.82, 2.24) is 15.2 Å². The molecule has 24 heavy (non-hydrogen) atoms. The van der Waals surface area contributed by atoms with Crippen LogP contribution in [0.1, 0.15) is 11.3 Å². The van der Waals surface area contributed by atoms with Gasteiger partial charge in [-0.05, 0) is 23.8 Å². The number of benzene rings is 1. The second-order valence-corrected chi connectivity index (χ2v) is 5.67. The minimum Gasteiger partial charge on any atom is -0.379 e. The second kappa shape index (κ2) is 8.42. The van der Waals surface area contributed by atoms with E-state index in [9.17, 15) is 4.79 Å². The maximum atomic E-state index is 12.1. The van der Waals surface area contributed by atoms with Crippen LogP contribution < -0.4 is 10.6 Å². The number of nitrogens with zero attached hydrogens (tertiary/aromatic N) is 2. The van der Waals surface area contributed by atoms with Crippen LogP contribution in [0.2, 0.25) is 0 Å². The molecule has 0 spiro atoms. The number of ether oxygens (including phenoxy) is 1. The zero-order valence-electron chi connectivity index (χ0n) is 13.6. The minimum absolute atomic E-state index is 0.227. The highest BCUT2D eigenvalue weighted by Gasteiger charge is 2.13. The van der Waals surface area contributed by atoms with E-state index < -0.39 is 0 Å². The first-order valence-corrected chi connectivity index (χ1v) is 8.14. The normalized spacial score (nSPS) is 15.0. The lowest BCUT2D eigenvalue weighted by atomic mass is 10.1. The lowest BCUT2D eigenvalue weighted by Gasteiger charge is -2.27. The van der Waals surface area contributed by atoms with Crippen molar-refractivity contribution in [1.29, 1.82) is 0 Å². The number of pyridine rings is 1. The largest absolute Gasteiger partial charge is 0.379 e. The molecule has 1 saturated heterocycles. The molecule has 0 saturated carbocycles. The smallest absolute Gasteiger partial charge is 0.319 e. The van der Waals surface area contributed by atoms with Gasteiger partial charge < -0.3 is 15.4 Å². The third-order valence-corrected chi connectivity index (χ3v) is 3.92. The van der Waals surface area contributed by atoms with Gasteiger partial charge >= 0.3 is 6.03 Å².